The molecule has 0 aromatic heterocycles. The third-order valence-electron chi connectivity index (χ3n) is 7.03. The number of anilines is 1. The lowest BCUT2D eigenvalue weighted by Crippen LogP contribution is -2.29. The van der Waals surface area contributed by atoms with Crippen LogP contribution in [0.4, 0.5) is 5.69 Å². The van der Waals surface area contributed by atoms with E-state index in [0.717, 1.165) is 51.0 Å². The van der Waals surface area contributed by atoms with Crippen LogP contribution in [0.1, 0.15) is 47.6 Å². The highest BCUT2D eigenvalue weighted by molar-refractivity contribution is 7.99. The maximum absolute atomic E-state index is 12.4. The number of rotatable bonds is 8. The van der Waals surface area contributed by atoms with Gasteiger partial charge < -0.3 is 10.1 Å². The van der Waals surface area contributed by atoms with Crippen molar-refractivity contribution in [1.82, 2.24) is 5.43 Å². The smallest absolute Gasteiger partial charge is 0.250 e. The maximum Gasteiger partial charge on any atom is 0.250 e. The zero-order valence-corrected chi connectivity index (χ0v) is 22.5. The number of ether oxygens (including phenoxy) is 1. The molecule has 0 unspecified atom stereocenters. The first-order valence-electron chi connectivity index (χ1n) is 12.4. The number of benzene rings is 3. The number of amides is 1. The van der Waals surface area contributed by atoms with Crippen LogP contribution in [-0.2, 0) is 10.5 Å². The minimum absolute atomic E-state index is 0.112. The van der Waals surface area contributed by atoms with Crippen LogP contribution >= 0.6 is 23.4 Å². The number of nitrogens with one attached hydrogen (secondary N) is 2. The highest BCUT2D eigenvalue weighted by atomic mass is 35.5. The summed E-state index contributed by atoms with van der Waals surface area (Å²) in [5, 5.41) is 8.92. The molecule has 190 valence electrons. The van der Waals surface area contributed by atoms with Crippen LogP contribution in [0.2, 0.25) is 5.02 Å². The highest BCUT2D eigenvalue weighted by Crippen LogP contribution is 2.50. The van der Waals surface area contributed by atoms with Crippen molar-refractivity contribution in [2.24, 2.45) is 11.0 Å². The largest absolute Gasteiger partial charge is 0.497 e. The molecule has 0 bridgehead atoms. The Morgan fingerprint density at radius 2 is 1.95 bits per heavy atom. The molecule has 5 rings (SSSR count). The van der Waals surface area contributed by atoms with Crippen molar-refractivity contribution in [2.75, 3.05) is 18.2 Å². The van der Waals surface area contributed by atoms with Gasteiger partial charge in [-0.05, 0) is 71.8 Å². The summed E-state index contributed by atoms with van der Waals surface area (Å²) < 4.78 is 5.18. The number of nitrogens with zero attached hydrogens (tertiary/aromatic N) is 1. The van der Waals surface area contributed by atoms with Crippen LogP contribution in [0.25, 0.3) is 0 Å². The highest BCUT2D eigenvalue weighted by Gasteiger charge is 2.38. The number of methoxy groups -OCH3 is 1. The van der Waals surface area contributed by atoms with Crippen LogP contribution in [-0.4, -0.2) is 24.5 Å². The fourth-order valence-electron chi connectivity index (χ4n) is 5.08. The molecule has 0 fully saturated rings. The zero-order valence-electron chi connectivity index (χ0n) is 20.9. The van der Waals surface area contributed by atoms with Gasteiger partial charge in [-0.15, -0.1) is 11.8 Å². The Morgan fingerprint density at radius 1 is 1.14 bits per heavy atom. The molecule has 0 saturated heterocycles. The molecule has 7 heteroatoms. The first kappa shape index (κ1) is 25.4. The monoisotopic (exact) mass is 531 g/mol. The van der Waals surface area contributed by atoms with E-state index in [-0.39, 0.29) is 11.9 Å². The zero-order chi connectivity index (χ0) is 25.8. The Morgan fingerprint density at radius 3 is 2.73 bits per heavy atom. The Balaban J connectivity index is 1.23. The van der Waals surface area contributed by atoms with Gasteiger partial charge in [0.1, 0.15) is 5.75 Å². The van der Waals surface area contributed by atoms with Gasteiger partial charge in [0.2, 0.25) is 5.91 Å². The van der Waals surface area contributed by atoms with E-state index in [1.807, 2.05) is 49.4 Å². The maximum atomic E-state index is 12.4. The lowest BCUT2D eigenvalue weighted by Gasteiger charge is -2.38. The topological polar surface area (TPSA) is 62.7 Å². The number of carbonyl (C=O) groups is 1. The summed E-state index contributed by atoms with van der Waals surface area (Å²) in [6, 6.07) is 22.5. The number of allylic oxidation sites excluding steroid dienone is 2. The van der Waals surface area contributed by atoms with Crippen molar-refractivity contribution in [2.45, 2.75) is 31.1 Å². The van der Waals surface area contributed by atoms with Crippen LogP contribution in [0.3, 0.4) is 0 Å². The van der Waals surface area contributed by atoms with Crippen molar-refractivity contribution < 1.29 is 9.53 Å². The summed E-state index contributed by atoms with van der Waals surface area (Å²) in [4.78, 5) is 12.4. The average Bonchev–Trinajstić information content (AvgIpc) is 3.42. The second-order valence-electron chi connectivity index (χ2n) is 9.37. The van der Waals surface area contributed by atoms with Gasteiger partial charge in [0, 0.05) is 22.4 Å². The Hall–Kier alpha value is -3.22. The van der Waals surface area contributed by atoms with E-state index in [2.05, 4.69) is 52.3 Å². The fraction of sp³-hybridized carbons (Fsp3) is 0.267. The summed E-state index contributed by atoms with van der Waals surface area (Å²) in [6.45, 7) is 1.93. The van der Waals surface area contributed by atoms with E-state index in [9.17, 15) is 4.79 Å². The SMILES string of the molecule is COc1ccc(CSCC(=O)N/N=C(/C)c2ccc3c(c2)[C@@H]2C=CC[C@@H]2[C@H](c2ccccc2Cl)N3)cc1. The van der Waals surface area contributed by atoms with Crippen LogP contribution in [0, 0.1) is 5.92 Å². The summed E-state index contributed by atoms with van der Waals surface area (Å²) in [5.74, 6) is 2.53. The van der Waals surface area contributed by atoms with Gasteiger partial charge in [-0.2, -0.15) is 5.10 Å². The van der Waals surface area contributed by atoms with Crippen LogP contribution < -0.4 is 15.5 Å². The van der Waals surface area contributed by atoms with Gasteiger partial charge in [0.05, 0.1) is 24.6 Å². The Kier molecular flexibility index (Phi) is 7.87. The first-order valence-corrected chi connectivity index (χ1v) is 13.9. The molecule has 0 saturated carbocycles. The van der Waals surface area contributed by atoms with Crippen molar-refractivity contribution >= 4 is 40.7 Å². The van der Waals surface area contributed by atoms with Gasteiger partial charge in [-0.25, -0.2) is 5.43 Å². The van der Waals surface area contributed by atoms with Crippen molar-refractivity contribution in [1.29, 1.82) is 0 Å². The van der Waals surface area contributed by atoms with E-state index in [1.54, 1.807) is 18.9 Å². The number of fused-ring (bicyclic) bond motifs is 3. The molecule has 0 radical (unpaired) electrons. The predicted molar refractivity (Wildman–Crippen MR) is 154 cm³/mol. The lowest BCUT2D eigenvalue weighted by molar-refractivity contribution is -0.118. The van der Waals surface area contributed by atoms with E-state index in [0.29, 0.717) is 17.6 Å². The first-order chi connectivity index (χ1) is 18.0. The second-order valence-corrected chi connectivity index (χ2v) is 10.8. The summed E-state index contributed by atoms with van der Waals surface area (Å²) in [7, 11) is 1.65. The number of halogens is 1. The summed E-state index contributed by atoms with van der Waals surface area (Å²) >= 11 is 8.12. The number of thioether (sulfide) groups is 1. The van der Waals surface area contributed by atoms with Gasteiger partial charge in [-0.1, -0.05) is 60.2 Å². The molecule has 3 aromatic carbocycles. The quantitative estimate of drug-likeness (QED) is 0.187. The number of hydrazone groups is 1. The van der Waals surface area contributed by atoms with E-state index in [4.69, 9.17) is 16.3 Å². The molecule has 0 spiro atoms. The number of carbonyl (C=O) groups excluding carboxylic acids is 1. The van der Waals surface area contributed by atoms with Crippen molar-refractivity contribution in [3.63, 3.8) is 0 Å². The van der Waals surface area contributed by atoms with Gasteiger partial charge >= 0.3 is 0 Å². The van der Waals surface area contributed by atoms with Crippen molar-refractivity contribution in [3.8, 4) is 5.75 Å². The molecule has 1 heterocycles. The molecule has 37 heavy (non-hydrogen) atoms. The molecule has 2 aliphatic rings. The minimum atomic E-state index is -0.112. The van der Waals surface area contributed by atoms with Gasteiger partial charge in [0.25, 0.3) is 0 Å². The molecular weight excluding hydrogens is 502 g/mol. The normalized spacial score (nSPS) is 20.1. The molecule has 3 atom stereocenters. The van der Waals surface area contributed by atoms with E-state index < -0.39 is 0 Å². The second kappa shape index (κ2) is 11.4. The Labute approximate surface area is 227 Å². The third-order valence-corrected chi connectivity index (χ3v) is 8.38. The Bertz CT molecular complexity index is 1340. The molecule has 3 aromatic rings. The molecule has 2 N–H and O–H groups in total. The number of hydrogen-bond acceptors (Lipinski definition) is 5. The molecule has 1 aliphatic carbocycles. The minimum Gasteiger partial charge on any atom is -0.497 e. The molecule has 1 amide bonds. The van der Waals surface area contributed by atoms with Crippen LogP contribution in [0.5, 0.6) is 5.75 Å². The van der Waals surface area contributed by atoms with E-state index in [1.165, 1.54) is 5.56 Å². The molecule has 1 aliphatic heterocycles. The standard InChI is InChI=1S/C30H30ClN3O2S/c1-19(33-34-29(35)18-37-17-20-10-13-22(36-2)14-11-20)21-12-15-28-26(16-21)23-7-5-8-24(23)30(32-28)25-6-3-4-9-27(25)31/h3-7,9-16,23-24,30,32H,8,17-18H2,1-2H3,(H,34,35)/b33-19-/t23-,24+,30-/m1/s1. The fourth-order valence-corrected chi connectivity index (χ4v) is 6.11. The van der Waals surface area contributed by atoms with Gasteiger partial charge in [0.15, 0.2) is 0 Å². The molecule has 5 nitrogen and oxygen atoms in total. The van der Waals surface area contributed by atoms with Crippen LogP contribution in [0.15, 0.2) is 84.0 Å². The van der Waals surface area contributed by atoms with Crippen molar-refractivity contribution in [3.05, 3.63) is 106 Å². The summed E-state index contributed by atoms with van der Waals surface area (Å²) in [6.07, 6.45) is 5.59. The molecular formula is C30H30ClN3O2S. The predicted octanol–water partition coefficient (Wildman–Crippen LogP) is 6.95. The average molecular weight is 532 g/mol. The number of hydrogen-bond donors (Lipinski definition) is 2. The third kappa shape index (κ3) is 5.71. The van der Waals surface area contributed by atoms with Gasteiger partial charge in [-0.3, -0.25) is 4.79 Å². The van der Waals surface area contributed by atoms with E-state index >= 15 is 0 Å². The lowest BCUT2D eigenvalue weighted by atomic mass is 9.76. The summed E-state index contributed by atoms with van der Waals surface area (Å²) in [5.41, 5.74) is 9.16.